The van der Waals surface area contributed by atoms with E-state index in [0.717, 1.165) is 22.6 Å². The van der Waals surface area contributed by atoms with Gasteiger partial charge in [0.2, 0.25) is 0 Å². The number of carbonyl (C=O) groups is 3. The summed E-state index contributed by atoms with van der Waals surface area (Å²) in [7, 11) is 0. The summed E-state index contributed by atoms with van der Waals surface area (Å²) in [5, 5.41) is 9.00. The predicted octanol–water partition coefficient (Wildman–Crippen LogP) is 7.65. The van der Waals surface area contributed by atoms with Crippen molar-refractivity contribution in [1.29, 1.82) is 5.26 Å². The topological polar surface area (TPSA) is 87.5 Å². The molecule has 7 heteroatoms. The van der Waals surface area contributed by atoms with Crippen molar-refractivity contribution < 1.29 is 19.1 Å². The van der Waals surface area contributed by atoms with E-state index in [4.69, 9.17) is 21.6 Å². The van der Waals surface area contributed by atoms with Crippen LogP contribution in [0.3, 0.4) is 0 Å². The fourth-order valence-electron chi connectivity index (χ4n) is 3.76. The first-order valence-corrected chi connectivity index (χ1v) is 13.4. The number of rotatable bonds is 5. The third-order valence-corrected chi connectivity index (χ3v) is 5.68. The second-order valence-electron chi connectivity index (χ2n) is 9.65. The smallest absolute Gasteiger partial charge is 0.270 e. The number of nitrogens with zero attached hydrogens (tertiary/aromatic N) is 2. The van der Waals surface area contributed by atoms with Crippen molar-refractivity contribution in [3.05, 3.63) is 58.1 Å². The number of nitriles is 1. The maximum absolute atomic E-state index is 12.1. The molecule has 1 heterocycles. The van der Waals surface area contributed by atoms with E-state index in [9.17, 15) is 14.4 Å². The highest BCUT2D eigenvalue weighted by Gasteiger charge is 2.40. The zero-order valence-electron chi connectivity index (χ0n) is 24.6. The number of hydrogen-bond donors (Lipinski definition) is 0. The molecule has 0 fully saturated rings. The Kier molecular flexibility index (Phi) is 15.2. The van der Waals surface area contributed by atoms with E-state index in [1.165, 1.54) is 0 Å². The van der Waals surface area contributed by atoms with Gasteiger partial charge in [-0.15, -0.1) is 0 Å². The minimum absolute atomic E-state index is 0.0198. The molecule has 2 aromatic carbocycles. The van der Waals surface area contributed by atoms with Crippen molar-refractivity contribution in [3.8, 4) is 11.8 Å². The largest absolute Gasteiger partial charge is 0.476 e. The predicted molar refractivity (Wildman–Crippen MR) is 156 cm³/mol. The lowest BCUT2D eigenvalue weighted by molar-refractivity contribution is -0.132. The number of likely N-dealkylation sites (N-methyl/N-ethyl adjacent to an activating group) is 1. The minimum Gasteiger partial charge on any atom is -0.476 e. The first-order chi connectivity index (χ1) is 17.7. The number of Topliss-reactive ketones (excluding diaryl/α,β-unsaturated/α-hetero) is 2. The van der Waals surface area contributed by atoms with Gasteiger partial charge in [-0.1, -0.05) is 44.5 Å². The highest BCUT2D eigenvalue weighted by atomic mass is 35.5. The Morgan fingerprint density at radius 3 is 1.97 bits per heavy atom. The Bertz CT molecular complexity index is 1120. The quantitative estimate of drug-likeness (QED) is 0.387. The Morgan fingerprint density at radius 1 is 1.03 bits per heavy atom. The zero-order valence-corrected chi connectivity index (χ0v) is 25.3. The van der Waals surface area contributed by atoms with Crippen molar-refractivity contribution in [2.24, 2.45) is 5.92 Å². The molecule has 38 heavy (non-hydrogen) atoms. The molecule has 0 N–H and O–H groups in total. The SMILES string of the molecule is CC.CC(=O)CC(C)CC(C)=O.CCN1C(=O)C(C)(C)Oc2cc(C)ccc21.Cc1ccc(C#N)c(Cl)c1. The van der Waals surface area contributed by atoms with Crippen LogP contribution in [0.5, 0.6) is 5.75 Å². The van der Waals surface area contributed by atoms with Crippen LogP contribution in [0.1, 0.15) is 84.9 Å². The summed E-state index contributed by atoms with van der Waals surface area (Å²) in [5.74, 6) is 1.36. The van der Waals surface area contributed by atoms with Crippen LogP contribution in [0.15, 0.2) is 36.4 Å². The summed E-state index contributed by atoms with van der Waals surface area (Å²) in [6.07, 6.45) is 1.05. The number of carbonyl (C=O) groups excluding carboxylic acids is 3. The number of benzene rings is 2. The van der Waals surface area contributed by atoms with Crippen LogP contribution in [0.2, 0.25) is 5.02 Å². The van der Waals surface area contributed by atoms with Gasteiger partial charge in [0.15, 0.2) is 5.60 Å². The van der Waals surface area contributed by atoms with Gasteiger partial charge in [0, 0.05) is 19.4 Å². The van der Waals surface area contributed by atoms with Crippen LogP contribution in [-0.2, 0) is 14.4 Å². The van der Waals surface area contributed by atoms with Crippen molar-refractivity contribution in [1.82, 2.24) is 0 Å². The van der Waals surface area contributed by atoms with Gasteiger partial charge in [0.25, 0.3) is 5.91 Å². The van der Waals surface area contributed by atoms with Crippen LogP contribution >= 0.6 is 11.6 Å². The second kappa shape index (κ2) is 16.6. The van der Waals surface area contributed by atoms with Crippen molar-refractivity contribution in [2.45, 2.75) is 87.7 Å². The number of aryl methyl sites for hydroxylation is 2. The van der Waals surface area contributed by atoms with Crippen molar-refractivity contribution in [3.63, 3.8) is 0 Å². The molecule has 0 radical (unpaired) electrons. The van der Waals surface area contributed by atoms with E-state index in [2.05, 4.69) is 0 Å². The van der Waals surface area contributed by atoms with Crippen LogP contribution in [0.4, 0.5) is 5.69 Å². The first kappa shape index (κ1) is 34.8. The molecule has 3 rings (SSSR count). The summed E-state index contributed by atoms with van der Waals surface area (Å²) in [6, 6.07) is 13.3. The summed E-state index contributed by atoms with van der Waals surface area (Å²) in [6.45, 7) is 19.2. The molecule has 2 aromatic rings. The normalized spacial score (nSPS) is 12.7. The second-order valence-corrected chi connectivity index (χ2v) is 10.1. The van der Waals surface area contributed by atoms with Crippen molar-refractivity contribution in [2.75, 3.05) is 11.4 Å². The molecule has 1 aliphatic rings. The number of amides is 1. The monoisotopic (exact) mass is 542 g/mol. The number of ether oxygens (including phenoxy) is 1. The van der Waals surface area contributed by atoms with E-state index in [0.29, 0.717) is 30.0 Å². The van der Waals surface area contributed by atoms with E-state index in [1.807, 2.05) is 85.7 Å². The maximum Gasteiger partial charge on any atom is 0.270 e. The van der Waals surface area contributed by atoms with Gasteiger partial charge in [-0.3, -0.25) is 4.79 Å². The zero-order chi connectivity index (χ0) is 29.6. The molecule has 6 nitrogen and oxygen atoms in total. The molecule has 208 valence electrons. The lowest BCUT2D eigenvalue weighted by atomic mass is 10.00. The summed E-state index contributed by atoms with van der Waals surface area (Å²) in [4.78, 5) is 35.0. The van der Waals surface area contributed by atoms with Crippen LogP contribution in [0, 0.1) is 31.1 Å². The molecule has 0 unspecified atom stereocenters. The molecule has 0 spiro atoms. The molecular formula is C31H43ClN2O4. The molecule has 0 aliphatic carbocycles. The summed E-state index contributed by atoms with van der Waals surface area (Å²) < 4.78 is 5.75. The number of anilines is 1. The molecule has 0 atom stereocenters. The maximum atomic E-state index is 12.1. The highest BCUT2D eigenvalue weighted by Crippen LogP contribution is 2.38. The van der Waals surface area contributed by atoms with E-state index < -0.39 is 5.60 Å². The lowest BCUT2D eigenvalue weighted by Crippen LogP contribution is -2.52. The van der Waals surface area contributed by atoms with Crippen LogP contribution in [-0.4, -0.2) is 29.6 Å². The summed E-state index contributed by atoms with van der Waals surface area (Å²) >= 11 is 5.71. The number of hydrogen-bond acceptors (Lipinski definition) is 5. The van der Waals surface area contributed by atoms with E-state index in [-0.39, 0.29) is 23.4 Å². The molecule has 0 saturated heterocycles. The Hall–Kier alpha value is -3.17. The van der Waals surface area contributed by atoms with Crippen molar-refractivity contribution >= 4 is 34.8 Å². The highest BCUT2D eigenvalue weighted by molar-refractivity contribution is 6.31. The first-order valence-electron chi connectivity index (χ1n) is 13.0. The molecule has 0 saturated carbocycles. The van der Waals surface area contributed by atoms with E-state index in [1.54, 1.807) is 30.9 Å². The molecule has 0 aromatic heterocycles. The third-order valence-electron chi connectivity index (χ3n) is 5.36. The number of halogens is 1. The fraction of sp³-hybridized carbons (Fsp3) is 0.484. The van der Waals surface area contributed by atoms with Gasteiger partial charge < -0.3 is 19.2 Å². The Balaban J connectivity index is 0.000000547. The van der Waals surface area contributed by atoms with E-state index >= 15 is 0 Å². The minimum atomic E-state index is -0.767. The number of fused-ring (bicyclic) bond motifs is 1. The van der Waals surface area contributed by atoms with Gasteiger partial charge in [-0.25, -0.2) is 0 Å². The average molecular weight is 543 g/mol. The molecule has 1 amide bonds. The lowest BCUT2D eigenvalue weighted by Gasteiger charge is -2.38. The molecule has 0 bridgehead atoms. The fourth-order valence-corrected chi connectivity index (χ4v) is 4.03. The van der Waals surface area contributed by atoms with Gasteiger partial charge in [-0.2, -0.15) is 5.26 Å². The molecule has 1 aliphatic heterocycles. The number of ketones is 2. The van der Waals surface area contributed by atoms with Gasteiger partial charge in [0.05, 0.1) is 16.3 Å². The summed E-state index contributed by atoms with van der Waals surface area (Å²) in [5.41, 5.74) is 2.85. The average Bonchev–Trinajstić information content (AvgIpc) is 2.81. The third kappa shape index (κ3) is 11.5. The standard InChI is InChI=1S/C13H17NO2.C8H6ClN.C8H14O2.C2H6/c1-5-14-10-7-6-9(2)8-11(10)16-13(3,4)12(14)15;1-6-2-3-7(5-10)8(9)4-6;1-6(4-7(2)9)5-8(3)10;1-2/h6-8H,5H2,1-4H3;2-4H,1H3;6H,4-5H2,1-3H3;1-2H3. The molecular weight excluding hydrogens is 500 g/mol. The Labute approximate surface area is 233 Å². The van der Waals surface area contributed by atoms with Gasteiger partial charge in [-0.05, 0) is 89.8 Å². The van der Waals surface area contributed by atoms with Gasteiger partial charge in [0.1, 0.15) is 23.4 Å². The van der Waals surface area contributed by atoms with Crippen LogP contribution < -0.4 is 9.64 Å². The van der Waals surface area contributed by atoms with Gasteiger partial charge >= 0.3 is 0 Å². The Morgan fingerprint density at radius 2 is 1.53 bits per heavy atom. The van der Waals surface area contributed by atoms with Crippen LogP contribution in [0.25, 0.3) is 0 Å².